The van der Waals surface area contributed by atoms with E-state index in [1.807, 2.05) is 0 Å². The van der Waals surface area contributed by atoms with Crippen molar-refractivity contribution in [1.29, 1.82) is 0 Å². The minimum absolute atomic E-state index is 0.116. The third-order valence-corrected chi connectivity index (χ3v) is 5.31. The molecule has 162 valence electrons. The van der Waals surface area contributed by atoms with E-state index in [0.29, 0.717) is 35.9 Å². The molecule has 3 aliphatic rings. The number of hydrogen-bond donors (Lipinski definition) is 1. The Kier molecular flexibility index (Phi) is 5.27. The molecule has 30 heavy (non-hydrogen) atoms. The zero-order valence-electron chi connectivity index (χ0n) is 15.5. The Morgan fingerprint density at radius 1 is 1.13 bits per heavy atom. The Labute approximate surface area is 173 Å². The summed E-state index contributed by atoms with van der Waals surface area (Å²) in [6.45, 7) is -1.17. The SMILES string of the molecule is O=C(COc1ccc(Cl)cc1)NC12CC(c3nnc(OCCOC(F)(F)F)o3)(C1)C2. The van der Waals surface area contributed by atoms with Crippen LogP contribution in [0.5, 0.6) is 11.8 Å². The highest BCUT2D eigenvalue weighted by atomic mass is 35.5. The van der Waals surface area contributed by atoms with Gasteiger partial charge in [-0.2, -0.15) is 0 Å². The molecule has 0 atom stereocenters. The van der Waals surface area contributed by atoms with Crippen LogP contribution < -0.4 is 14.8 Å². The van der Waals surface area contributed by atoms with E-state index in [1.54, 1.807) is 24.3 Å². The average Bonchev–Trinajstić information content (AvgIpc) is 3.08. The summed E-state index contributed by atoms with van der Waals surface area (Å²) in [7, 11) is 0. The second-order valence-corrected chi connectivity index (χ2v) is 7.83. The molecular weight excluding hydrogens is 431 g/mol. The molecule has 5 rings (SSSR count). The molecule has 12 heteroatoms. The topological polar surface area (TPSA) is 95.7 Å². The van der Waals surface area contributed by atoms with Crippen LogP contribution in [0.15, 0.2) is 28.7 Å². The molecule has 0 spiro atoms. The van der Waals surface area contributed by atoms with Crippen LogP contribution in [0.25, 0.3) is 0 Å². The molecule has 1 aromatic heterocycles. The van der Waals surface area contributed by atoms with Crippen LogP contribution in [-0.2, 0) is 14.9 Å². The van der Waals surface area contributed by atoms with Crippen molar-refractivity contribution in [2.45, 2.75) is 36.6 Å². The summed E-state index contributed by atoms with van der Waals surface area (Å²) in [5, 5.41) is 11.1. The maximum Gasteiger partial charge on any atom is 0.522 e. The lowest BCUT2D eigenvalue weighted by Crippen LogP contribution is -2.77. The van der Waals surface area contributed by atoms with Crippen molar-refractivity contribution in [3.63, 3.8) is 0 Å². The zero-order valence-corrected chi connectivity index (χ0v) is 16.3. The lowest BCUT2D eigenvalue weighted by Gasteiger charge is -2.68. The second kappa shape index (κ2) is 7.62. The molecule has 3 saturated carbocycles. The van der Waals surface area contributed by atoms with Crippen LogP contribution in [0.4, 0.5) is 13.2 Å². The number of aromatic nitrogens is 2. The number of amides is 1. The minimum Gasteiger partial charge on any atom is -0.484 e. The van der Waals surface area contributed by atoms with Crippen molar-refractivity contribution in [3.8, 4) is 11.8 Å². The van der Waals surface area contributed by atoms with Gasteiger partial charge in [0.15, 0.2) is 6.61 Å². The van der Waals surface area contributed by atoms with Crippen molar-refractivity contribution in [1.82, 2.24) is 15.5 Å². The molecule has 3 fully saturated rings. The van der Waals surface area contributed by atoms with Crippen molar-refractivity contribution in [2.75, 3.05) is 19.8 Å². The van der Waals surface area contributed by atoms with Gasteiger partial charge in [0.1, 0.15) is 12.4 Å². The van der Waals surface area contributed by atoms with Crippen LogP contribution in [-0.4, -0.2) is 47.8 Å². The van der Waals surface area contributed by atoms with Gasteiger partial charge in [0, 0.05) is 10.6 Å². The van der Waals surface area contributed by atoms with Gasteiger partial charge >= 0.3 is 12.4 Å². The highest BCUT2D eigenvalue weighted by Gasteiger charge is 2.71. The molecule has 0 saturated heterocycles. The number of carbonyl (C=O) groups is 1. The van der Waals surface area contributed by atoms with Crippen LogP contribution in [0.2, 0.25) is 5.02 Å². The number of nitrogens with one attached hydrogen (secondary N) is 1. The summed E-state index contributed by atoms with van der Waals surface area (Å²) >= 11 is 5.80. The van der Waals surface area contributed by atoms with Gasteiger partial charge in [0.25, 0.3) is 5.91 Å². The monoisotopic (exact) mass is 447 g/mol. The van der Waals surface area contributed by atoms with E-state index in [9.17, 15) is 18.0 Å². The molecule has 2 aromatic rings. The Bertz CT molecular complexity index is 899. The smallest absolute Gasteiger partial charge is 0.484 e. The summed E-state index contributed by atoms with van der Waals surface area (Å²) < 4.78 is 55.1. The standard InChI is InChI=1S/C18H17ClF3N3O5/c19-11-1-3-12(4-2-11)28-7-13(26)23-17-8-16(9-17,10-17)14-24-25-15(30-14)27-5-6-29-18(20,21)22/h1-4H,5-10H2,(H,23,26). The Morgan fingerprint density at radius 3 is 2.50 bits per heavy atom. The normalized spacial score (nSPS) is 24.5. The van der Waals surface area contributed by atoms with Gasteiger partial charge in [0.2, 0.25) is 5.89 Å². The third kappa shape index (κ3) is 4.46. The van der Waals surface area contributed by atoms with Gasteiger partial charge < -0.3 is 19.2 Å². The quantitative estimate of drug-likeness (QED) is 0.590. The van der Waals surface area contributed by atoms with Crippen LogP contribution >= 0.6 is 11.6 Å². The number of alkyl halides is 3. The minimum atomic E-state index is -4.71. The van der Waals surface area contributed by atoms with Gasteiger partial charge in [-0.05, 0) is 43.5 Å². The summed E-state index contributed by atoms with van der Waals surface area (Å²) in [6, 6.07) is 6.70. The fraction of sp³-hybridized carbons (Fsp3) is 0.500. The van der Waals surface area contributed by atoms with Gasteiger partial charge in [-0.15, -0.1) is 18.3 Å². The first kappa shape index (κ1) is 20.7. The van der Waals surface area contributed by atoms with Gasteiger partial charge in [-0.25, -0.2) is 0 Å². The fourth-order valence-electron chi connectivity index (χ4n) is 3.93. The molecule has 0 aliphatic heterocycles. The number of benzene rings is 1. The predicted molar refractivity (Wildman–Crippen MR) is 95.1 cm³/mol. The molecule has 8 nitrogen and oxygen atoms in total. The lowest BCUT2D eigenvalue weighted by atomic mass is 9.39. The van der Waals surface area contributed by atoms with Crippen molar-refractivity contribution in [3.05, 3.63) is 35.2 Å². The summed E-state index contributed by atoms with van der Waals surface area (Å²) in [5.41, 5.74) is -0.655. The fourth-order valence-corrected chi connectivity index (χ4v) is 4.05. The summed E-state index contributed by atoms with van der Waals surface area (Å²) in [6.07, 6.45) is -3.04. The predicted octanol–water partition coefficient (Wildman–Crippen LogP) is 3.01. The average molecular weight is 448 g/mol. The Morgan fingerprint density at radius 2 is 1.83 bits per heavy atom. The zero-order chi connectivity index (χ0) is 21.4. The maximum absolute atomic E-state index is 12.2. The number of carbonyl (C=O) groups excluding carboxylic acids is 1. The van der Waals surface area contributed by atoms with E-state index in [2.05, 4.69) is 20.3 Å². The first-order valence-corrected chi connectivity index (χ1v) is 9.42. The van der Waals surface area contributed by atoms with Crippen LogP contribution in [0.3, 0.4) is 0 Å². The first-order valence-electron chi connectivity index (χ1n) is 9.04. The molecule has 3 aliphatic carbocycles. The maximum atomic E-state index is 12.2. The number of rotatable bonds is 9. The third-order valence-electron chi connectivity index (χ3n) is 5.05. The molecule has 2 bridgehead atoms. The molecular formula is C18H17ClF3N3O5. The Balaban J connectivity index is 1.19. The van der Waals surface area contributed by atoms with Crippen molar-refractivity contribution < 1.29 is 36.6 Å². The van der Waals surface area contributed by atoms with Crippen LogP contribution in [0, 0.1) is 0 Å². The number of ether oxygens (including phenoxy) is 3. The number of hydrogen-bond acceptors (Lipinski definition) is 7. The van der Waals surface area contributed by atoms with Gasteiger partial charge in [0.05, 0.1) is 12.0 Å². The van der Waals surface area contributed by atoms with Gasteiger partial charge in [-0.1, -0.05) is 16.7 Å². The molecule has 1 heterocycles. The van der Waals surface area contributed by atoms with Crippen LogP contribution in [0.1, 0.15) is 25.2 Å². The summed E-state index contributed by atoms with van der Waals surface area (Å²) in [5.74, 6) is 0.655. The van der Waals surface area contributed by atoms with E-state index in [-0.39, 0.29) is 36.2 Å². The van der Waals surface area contributed by atoms with E-state index in [4.69, 9.17) is 25.5 Å². The lowest BCUT2D eigenvalue weighted by molar-refractivity contribution is -0.325. The molecule has 1 N–H and O–H groups in total. The largest absolute Gasteiger partial charge is 0.522 e. The molecule has 0 radical (unpaired) electrons. The van der Waals surface area contributed by atoms with E-state index < -0.39 is 13.0 Å². The highest BCUT2D eigenvalue weighted by Crippen LogP contribution is 2.67. The first-order chi connectivity index (χ1) is 14.2. The number of nitrogens with zero attached hydrogens (tertiary/aromatic N) is 2. The van der Waals surface area contributed by atoms with Gasteiger partial charge in [-0.3, -0.25) is 9.53 Å². The summed E-state index contributed by atoms with van der Waals surface area (Å²) in [4.78, 5) is 12.2. The van der Waals surface area contributed by atoms with Crippen molar-refractivity contribution >= 4 is 17.5 Å². The van der Waals surface area contributed by atoms with E-state index in [1.165, 1.54) is 0 Å². The van der Waals surface area contributed by atoms with E-state index in [0.717, 1.165) is 0 Å². The molecule has 0 unspecified atom stereocenters. The second-order valence-electron chi connectivity index (χ2n) is 7.40. The Hall–Kier alpha value is -2.53. The van der Waals surface area contributed by atoms with Crippen molar-refractivity contribution in [2.24, 2.45) is 0 Å². The van der Waals surface area contributed by atoms with E-state index >= 15 is 0 Å². The molecule has 1 aromatic carbocycles. The number of halogens is 4. The molecule has 1 amide bonds. The highest BCUT2D eigenvalue weighted by molar-refractivity contribution is 6.30.